The van der Waals surface area contributed by atoms with Crippen molar-refractivity contribution in [2.75, 3.05) is 18.6 Å². The van der Waals surface area contributed by atoms with Gasteiger partial charge in [-0.05, 0) is 19.3 Å². The molecule has 1 fully saturated rings. The van der Waals surface area contributed by atoms with E-state index in [1.54, 1.807) is 14.0 Å². The first-order chi connectivity index (χ1) is 8.96. The van der Waals surface area contributed by atoms with E-state index in [0.29, 0.717) is 12.8 Å². The van der Waals surface area contributed by atoms with E-state index < -0.39 is 15.4 Å². The zero-order valence-corrected chi connectivity index (χ0v) is 12.9. The number of Topliss-reactive ketones (excluding diaryl/α,β-unsaturated/α-hetero) is 1. The third kappa shape index (κ3) is 4.88. The normalized spacial score (nSPS) is 19.9. The fraction of sp³-hybridized carbons (Fsp3) is 0.929. The zero-order chi connectivity index (χ0) is 14.4. The molecule has 1 saturated carbocycles. The Kier molecular flexibility index (Phi) is 6.47. The molecule has 0 bridgehead atoms. The number of ether oxygens (including phenoxy) is 1. The average Bonchev–Trinajstić information content (AvgIpc) is 2.64. The van der Waals surface area contributed by atoms with Gasteiger partial charge in [0.15, 0.2) is 5.78 Å². The Morgan fingerprint density at radius 1 is 1.16 bits per heavy atom. The number of hydrogen-bond acceptors (Lipinski definition) is 4. The van der Waals surface area contributed by atoms with E-state index in [4.69, 9.17) is 4.74 Å². The standard InChI is InChI=1S/C14H26O4S/c1-3-19(16,17)12-8-9-13(15)14(18-2)10-6-4-5-7-11-14/h3-12H2,1-2H3. The second-order valence-corrected chi connectivity index (χ2v) is 7.85. The number of methoxy groups -OCH3 is 1. The molecule has 112 valence electrons. The summed E-state index contributed by atoms with van der Waals surface area (Å²) in [5, 5.41) is 0. The Balaban J connectivity index is 2.54. The number of sulfone groups is 1. The van der Waals surface area contributed by atoms with Crippen molar-refractivity contribution in [1.82, 2.24) is 0 Å². The lowest BCUT2D eigenvalue weighted by Gasteiger charge is -2.29. The molecule has 0 aliphatic heterocycles. The number of hydrogen-bond donors (Lipinski definition) is 0. The Labute approximate surface area is 116 Å². The highest BCUT2D eigenvalue weighted by Crippen LogP contribution is 2.32. The molecular weight excluding hydrogens is 264 g/mol. The minimum Gasteiger partial charge on any atom is -0.370 e. The van der Waals surface area contributed by atoms with Crippen molar-refractivity contribution in [1.29, 1.82) is 0 Å². The van der Waals surface area contributed by atoms with Gasteiger partial charge in [0, 0.05) is 19.3 Å². The van der Waals surface area contributed by atoms with Crippen LogP contribution >= 0.6 is 0 Å². The smallest absolute Gasteiger partial charge is 0.164 e. The van der Waals surface area contributed by atoms with Crippen molar-refractivity contribution in [3.63, 3.8) is 0 Å². The predicted molar refractivity (Wildman–Crippen MR) is 76.0 cm³/mol. The summed E-state index contributed by atoms with van der Waals surface area (Å²) in [5.74, 6) is 0.342. The highest BCUT2D eigenvalue weighted by molar-refractivity contribution is 7.91. The maximum absolute atomic E-state index is 12.4. The summed E-state index contributed by atoms with van der Waals surface area (Å²) in [6, 6.07) is 0. The molecule has 0 aromatic rings. The second kappa shape index (κ2) is 7.39. The van der Waals surface area contributed by atoms with Crippen LogP contribution in [0.1, 0.15) is 58.3 Å². The maximum atomic E-state index is 12.4. The lowest BCUT2D eigenvalue weighted by molar-refractivity contribution is -0.142. The summed E-state index contributed by atoms with van der Waals surface area (Å²) in [6.07, 6.45) is 6.64. The molecule has 0 heterocycles. The van der Waals surface area contributed by atoms with Crippen LogP contribution in [0, 0.1) is 0 Å². The Bertz CT molecular complexity index is 378. The quantitative estimate of drug-likeness (QED) is 0.676. The number of carbonyl (C=O) groups excluding carboxylic acids is 1. The molecule has 0 spiro atoms. The minimum absolute atomic E-state index is 0.0863. The first kappa shape index (κ1) is 16.6. The summed E-state index contributed by atoms with van der Waals surface area (Å²) in [5.41, 5.74) is -0.646. The highest BCUT2D eigenvalue weighted by atomic mass is 32.2. The first-order valence-corrected chi connectivity index (χ1v) is 9.07. The van der Waals surface area contributed by atoms with Gasteiger partial charge in [0.05, 0.1) is 5.75 Å². The summed E-state index contributed by atoms with van der Waals surface area (Å²) < 4.78 is 28.4. The minimum atomic E-state index is -2.97. The van der Waals surface area contributed by atoms with Crippen LogP contribution in [0.3, 0.4) is 0 Å². The van der Waals surface area contributed by atoms with Gasteiger partial charge in [-0.1, -0.05) is 32.6 Å². The van der Waals surface area contributed by atoms with Crippen LogP contribution in [0.5, 0.6) is 0 Å². The molecule has 0 atom stereocenters. The first-order valence-electron chi connectivity index (χ1n) is 7.24. The van der Waals surface area contributed by atoms with Crippen LogP contribution in [0.2, 0.25) is 0 Å². The predicted octanol–water partition coefficient (Wildman–Crippen LogP) is 2.51. The van der Waals surface area contributed by atoms with E-state index >= 15 is 0 Å². The number of ketones is 1. The maximum Gasteiger partial charge on any atom is 0.164 e. The van der Waals surface area contributed by atoms with E-state index in [2.05, 4.69) is 0 Å². The van der Waals surface area contributed by atoms with Gasteiger partial charge in [0.1, 0.15) is 15.4 Å². The summed E-state index contributed by atoms with van der Waals surface area (Å²) >= 11 is 0. The molecule has 0 amide bonds. The molecule has 1 aliphatic rings. The molecular formula is C14H26O4S. The molecule has 1 rings (SSSR count). The van der Waals surface area contributed by atoms with Crippen molar-refractivity contribution in [2.24, 2.45) is 0 Å². The summed E-state index contributed by atoms with van der Waals surface area (Å²) in [6.45, 7) is 1.64. The zero-order valence-electron chi connectivity index (χ0n) is 12.1. The van der Waals surface area contributed by atoms with Gasteiger partial charge in [0.25, 0.3) is 0 Å². The number of carbonyl (C=O) groups is 1. The van der Waals surface area contributed by atoms with Gasteiger partial charge in [-0.15, -0.1) is 0 Å². The molecule has 0 saturated heterocycles. The fourth-order valence-corrected chi connectivity index (χ4v) is 3.59. The summed E-state index contributed by atoms with van der Waals surface area (Å²) in [7, 11) is -1.37. The van der Waals surface area contributed by atoms with Gasteiger partial charge >= 0.3 is 0 Å². The Morgan fingerprint density at radius 2 is 1.74 bits per heavy atom. The fourth-order valence-electron chi connectivity index (χ4n) is 2.72. The van der Waals surface area contributed by atoms with Crippen molar-refractivity contribution in [3.05, 3.63) is 0 Å². The molecule has 0 unspecified atom stereocenters. The molecule has 19 heavy (non-hydrogen) atoms. The lowest BCUT2D eigenvalue weighted by atomic mass is 9.87. The third-order valence-electron chi connectivity index (χ3n) is 4.11. The average molecular weight is 290 g/mol. The Hall–Kier alpha value is -0.420. The van der Waals surface area contributed by atoms with E-state index in [1.165, 1.54) is 0 Å². The van der Waals surface area contributed by atoms with Crippen LogP contribution in [-0.4, -0.2) is 38.4 Å². The van der Waals surface area contributed by atoms with Gasteiger partial charge in [-0.3, -0.25) is 4.79 Å². The topological polar surface area (TPSA) is 60.4 Å². The lowest BCUT2D eigenvalue weighted by Crippen LogP contribution is -2.40. The van der Waals surface area contributed by atoms with Crippen LogP contribution in [0.15, 0.2) is 0 Å². The van der Waals surface area contributed by atoms with E-state index in [-0.39, 0.29) is 17.3 Å². The van der Waals surface area contributed by atoms with Gasteiger partial charge in [-0.2, -0.15) is 0 Å². The Morgan fingerprint density at radius 3 is 2.21 bits per heavy atom. The largest absolute Gasteiger partial charge is 0.370 e. The van der Waals surface area contributed by atoms with Crippen LogP contribution in [0.4, 0.5) is 0 Å². The van der Waals surface area contributed by atoms with Crippen molar-refractivity contribution >= 4 is 15.6 Å². The summed E-state index contributed by atoms with van der Waals surface area (Å²) in [4.78, 5) is 12.4. The second-order valence-electron chi connectivity index (χ2n) is 5.38. The van der Waals surface area contributed by atoms with Crippen LogP contribution < -0.4 is 0 Å². The van der Waals surface area contributed by atoms with Crippen molar-refractivity contribution in [3.8, 4) is 0 Å². The van der Waals surface area contributed by atoms with Crippen LogP contribution in [-0.2, 0) is 19.4 Å². The van der Waals surface area contributed by atoms with Crippen molar-refractivity contribution < 1.29 is 17.9 Å². The van der Waals surface area contributed by atoms with Gasteiger partial charge in [-0.25, -0.2) is 8.42 Å². The number of rotatable bonds is 7. The highest BCUT2D eigenvalue weighted by Gasteiger charge is 2.37. The molecule has 0 aromatic carbocycles. The van der Waals surface area contributed by atoms with E-state index in [0.717, 1.165) is 38.5 Å². The van der Waals surface area contributed by atoms with E-state index in [1.807, 2.05) is 0 Å². The van der Waals surface area contributed by atoms with Gasteiger partial charge < -0.3 is 4.74 Å². The molecule has 0 N–H and O–H groups in total. The monoisotopic (exact) mass is 290 g/mol. The molecule has 5 heteroatoms. The molecule has 0 aromatic heterocycles. The molecule has 1 aliphatic carbocycles. The van der Waals surface area contributed by atoms with Crippen molar-refractivity contribution in [2.45, 2.75) is 63.9 Å². The molecule has 4 nitrogen and oxygen atoms in total. The van der Waals surface area contributed by atoms with E-state index in [9.17, 15) is 13.2 Å². The van der Waals surface area contributed by atoms with Crippen LogP contribution in [0.25, 0.3) is 0 Å². The molecule has 0 radical (unpaired) electrons. The third-order valence-corrected chi connectivity index (χ3v) is 5.90. The SMILES string of the molecule is CCS(=O)(=O)CCCC(=O)C1(OC)CCCCCC1. The van der Waals surface area contributed by atoms with Gasteiger partial charge in [0.2, 0.25) is 0 Å².